The number of alkyl carbamates (subject to hydrolysis) is 1. The van der Waals surface area contributed by atoms with Gasteiger partial charge in [-0.1, -0.05) is 33.3 Å². The second-order valence-corrected chi connectivity index (χ2v) is 8.59. The molecule has 0 saturated carbocycles. The van der Waals surface area contributed by atoms with Gasteiger partial charge in [0.15, 0.2) is 0 Å². The van der Waals surface area contributed by atoms with Gasteiger partial charge in [-0.25, -0.2) is 4.79 Å². The van der Waals surface area contributed by atoms with Gasteiger partial charge in [0.2, 0.25) is 0 Å². The van der Waals surface area contributed by atoms with E-state index in [0.717, 1.165) is 25.7 Å². The van der Waals surface area contributed by atoms with E-state index in [-0.39, 0.29) is 28.8 Å². The third kappa shape index (κ3) is 7.67. The van der Waals surface area contributed by atoms with Crippen LogP contribution in [0.5, 0.6) is 0 Å². The van der Waals surface area contributed by atoms with Gasteiger partial charge in [-0.2, -0.15) is 0 Å². The number of hydrogen-bond acceptors (Lipinski definition) is 3. The van der Waals surface area contributed by atoms with E-state index in [1.54, 1.807) is 0 Å². The van der Waals surface area contributed by atoms with E-state index in [9.17, 15) is 9.59 Å². The van der Waals surface area contributed by atoms with Crippen molar-refractivity contribution >= 4 is 11.9 Å². The largest absolute Gasteiger partial charge is 0.442 e. The standard InChI is InChI=1S/C19H33NO3/c1-18(2,3)16(21)13-14-11-9-7-8-10-12-15(14)23-17(22)20-19(4,5)6/h10,12,14-15H,7-9,11,13H2,1-6H3,(H,20,22)/b12-10+. The molecular weight excluding hydrogens is 290 g/mol. The maximum absolute atomic E-state index is 12.4. The molecule has 1 aliphatic rings. The Morgan fingerprint density at radius 3 is 2.35 bits per heavy atom. The molecule has 0 bridgehead atoms. The lowest BCUT2D eigenvalue weighted by molar-refractivity contribution is -0.128. The van der Waals surface area contributed by atoms with Crippen LogP contribution in [0.2, 0.25) is 0 Å². The number of rotatable bonds is 3. The SMILES string of the molecule is CC(C)(C)NC(=O)OC1/C=C/CCCCC1CC(=O)C(C)(C)C. The first kappa shape index (κ1) is 19.7. The van der Waals surface area contributed by atoms with Gasteiger partial charge in [0.05, 0.1) is 0 Å². The first-order valence-electron chi connectivity index (χ1n) is 8.68. The van der Waals surface area contributed by atoms with Crippen LogP contribution in [-0.2, 0) is 9.53 Å². The molecule has 1 aliphatic carbocycles. The summed E-state index contributed by atoms with van der Waals surface area (Å²) in [5.74, 6) is 0.283. The van der Waals surface area contributed by atoms with E-state index >= 15 is 0 Å². The molecule has 2 atom stereocenters. The number of nitrogens with one attached hydrogen (secondary N) is 1. The zero-order chi connectivity index (χ0) is 17.7. The lowest BCUT2D eigenvalue weighted by Gasteiger charge is -2.29. The molecule has 23 heavy (non-hydrogen) atoms. The quantitative estimate of drug-likeness (QED) is 0.770. The second-order valence-electron chi connectivity index (χ2n) is 8.59. The van der Waals surface area contributed by atoms with Gasteiger partial charge in [-0.15, -0.1) is 0 Å². The van der Waals surface area contributed by atoms with Crippen LogP contribution < -0.4 is 5.32 Å². The summed E-state index contributed by atoms with van der Waals surface area (Å²) >= 11 is 0. The molecule has 4 heteroatoms. The zero-order valence-corrected chi connectivity index (χ0v) is 15.6. The van der Waals surface area contributed by atoms with Crippen LogP contribution in [0, 0.1) is 11.3 Å². The molecule has 1 amide bonds. The van der Waals surface area contributed by atoms with Crippen molar-refractivity contribution in [2.75, 3.05) is 0 Å². The highest BCUT2D eigenvalue weighted by Gasteiger charge is 2.31. The van der Waals surface area contributed by atoms with Crippen molar-refractivity contribution in [3.05, 3.63) is 12.2 Å². The summed E-state index contributed by atoms with van der Waals surface area (Å²) in [5.41, 5.74) is -0.691. The highest BCUT2D eigenvalue weighted by Crippen LogP contribution is 2.28. The Balaban J connectivity index is 2.81. The molecule has 2 unspecified atom stereocenters. The number of hydrogen-bond donors (Lipinski definition) is 1. The molecule has 0 aromatic rings. The average Bonchev–Trinajstić information content (AvgIpc) is 2.33. The summed E-state index contributed by atoms with van der Waals surface area (Å²) < 4.78 is 5.64. The van der Waals surface area contributed by atoms with Gasteiger partial charge in [0.1, 0.15) is 11.9 Å². The summed E-state index contributed by atoms with van der Waals surface area (Å²) in [6.07, 6.45) is 7.85. The van der Waals surface area contributed by atoms with Gasteiger partial charge < -0.3 is 10.1 Å². The molecule has 4 nitrogen and oxygen atoms in total. The Morgan fingerprint density at radius 1 is 1.13 bits per heavy atom. The van der Waals surface area contributed by atoms with Crippen molar-refractivity contribution in [2.24, 2.45) is 11.3 Å². The number of ketones is 1. The first-order chi connectivity index (χ1) is 10.5. The maximum atomic E-state index is 12.4. The molecule has 0 spiro atoms. The van der Waals surface area contributed by atoms with Crippen LogP contribution in [0.3, 0.4) is 0 Å². The minimum Gasteiger partial charge on any atom is -0.442 e. The smallest absolute Gasteiger partial charge is 0.408 e. The van der Waals surface area contributed by atoms with Crippen LogP contribution >= 0.6 is 0 Å². The highest BCUT2D eigenvalue weighted by atomic mass is 16.6. The van der Waals surface area contributed by atoms with Crippen molar-refractivity contribution in [2.45, 2.75) is 85.3 Å². The van der Waals surface area contributed by atoms with Crippen LogP contribution in [-0.4, -0.2) is 23.5 Å². The van der Waals surface area contributed by atoms with Crippen LogP contribution in [0.1, 0.15) is 73.6 Å². The van der Waals surface area contributed by atoms with Gasteiger partial charge in [-0.3, -0.25) is 4.79 Å². The molecule has 0 aliphatic heterocycles. The average molecular weight is 323 g/mol. The molecular formula is C19H33NO3. The third-order valence-electron chi connectivity index (χ3n) is 3.99. The molecule has 0 heterocycles. The lowest BCUT2D eigenvalue weighted by Crippen LogP contribution is -2.43. The maximum Gasteiger partial charge on any atom is 0.408 e. The Hall–Kier alpha value is -1.32. The van der Waals surface area contributed by atoms with Gasteiger partial charge in [0.25, 0.3) is 0 Å². The zero-order valence-electron chi connectivity index (χ0n) is 15.6. The summed E-state index contributed by atoms with van der Waals surface area (Å²) in [4.78, 5) is 24.5. The van der Waals surface area contributed by atoms with Gasteiger partial charge in [0, 0.05) is 23.3 Å². The summed E-state index contributed by atoms with van der Waals surface area (Å²) in [6.45, 7) is 11.6. The highest BCUT2D eigenvalue weighted by molar-refractivity contribution is 5.84. The Bertz CT molecular complexity index is 441. The molecule has 0 radical (unpaired) electrons. The normalized spacial score (nSPS) is 24.3. The van der Waals surface area contributed by atoms with Crippen molar-refractivity contribution < 1.29 is 14.3 Å². The molecule has 1 N–H and O–H groups in total. The number of carbonyl (C=O) groups is 2. The summed E-state index contributed by atoms with van der Waals surface area (Å²) in [7, 11) is 0. The Labute approximate surface area is 141 Å². The number of allylic oxidation sites excluding steroid dienone is 1. The van der Waals surface area contributed by atoms with E-state index in [1.807, 2.05) is 47.6 Å². The third-order valence-corrected chi connectivity index (χ3v) is 3.99. The fraction of sp³-hybridized carbons (Fsp3) is 0.789. The van der Waals surface area contributed by atoms with Gasteiger partial charge in [-0.05, 0) is 46.1 Å². The summed E-state index contributed by atoms with van der Waals surface area (Å²) in [5, 5.41) is 2.83. The van der Waals surface area contributed by atoms with E-state index in [0.29, 0.717) is 6.42 Å². The van der Waals surface area contributed by atoms with E-state index in [4.69, 9.17) is 4.74 Å². The van der Waals surface area contributed by atoms with Crippen LogP contribution in [0.4, 0.5) is 4.79 Å². The lowest BCUT2D eigenvalue weighted by atomic mass is 9.81. The molecule has 0 aromatic heterocycles. The van der Waals surface area contributed by atoms with Crippen LogP contribution in [0.15, 0.2) is 12.2 Å². The minimum atomic E-state index is -0.416. The van der Waals surface area contributed by atoms with Crippen molar-refractivity contribution in [3.8, 4) is 0 Å². The molecule has 0 aromatic carbocycles. The predicted molar refractivity (Wildman–Crippen MR) is 93.3 cm³/mol. The number of ether oxygens (including phenoxy) is 1. The van der Waals surface area contributed by atoms with Crippen molar-refractivity contribution in [1.82, 2.24) is 5.32 Å². The van der Waals surface area contributed by atoms with Gasteiger partial charge >= 0.3 is 6.09 Å². The Morgan fingerprint density at radius 2 is 1.78 bits per heavy atom. The van der Waals surface area contributed by atoms with Crippen molar-refractivity contribution in [1.29, 1.82) is 0 Å². The predicted octanol–water partition coefficient (Wildman–Crippen LogP) is 4.63. The van der Waals surface area contributed by atoms with Crippen LogP contribution in [0.25, 0.3) is 0 Å². The number of amides is 1. The number of carbonyl (C=O) groups excluding carboxylic acids is 2. The van der Waals surface area contributed by atoms with E-state index in [1.165, 1.54) is 0 Å². The molecule has 132 valence electrons. The monoisotopic (exact) mass is 323 g/mol. The molecule has 0 saturated heterocycles. The topological polar surface area (TPSA) is 55.4 Å². The van der Waals surface area contributed by atoms with E-state index < -0.39 is 6.09 Å². The fourth-order valence-electron chi connectivity index (χ4n) is 2.58. The number of Topliss-reactive ketones (excluding diaryl/α,β-unsaturated/α-hetero) is 1. The minimum absolute atomic E-state index is 0.0593. The molecule has 1 rings (SSSR count). The van der Waals surface area contributed by atoms with E-state index in [2.05, 4.69) is 11.4 Å². The first-order valence-corrected chi connectivity index (χ1v) is 8.68. The fourth-order valence-corrected chi connectivity index (χ4v) is 2.58. The molecule has 0 fully saturated rings. The second kappa shape index (κ2) is 7.98. The van der Waals surface area contributed by atoms with Crippen molar-refractivity contribution in [3.63, 3.8) is 0 Å². The Kier molecular flexibility index (Phi) is 6.84. The summed E-state index contributed by atoms with van der Waals surface area (Å²) in [6, 6.07) is 0.